The van der Waals surface area contributed by atoms with Crippen LogP contribution in [0.1, 0.15) is 24.9 Å². The van der Waals surface area contributed by atoms with Gasteiger partial charge in [0.25, 0.3) is 0 Å². The highest BCUT2D eigenvalue weighted by atomic mass is 32.2. The van der Waals surface area contributed by atoms with Gasteiger partial charge in [-0.2, -0.15) is 0 Å². The summed E-state index contributed by atoms with van der Waals surface area (Å²) in [6.45, 7) is 2.47. The lowest BCUT2D eigenvalue weighted by atomic mass is 10.0. The molecule has 4 rings (SSSR count). The summed E-state index contributed by atoms with van der Waals surface area (Å²) in [6, 6.07) is 17.6. The van der Waals surface area contributed by atoms with Crippen LogP contribution in [-0.4, -0.2) is 32.5 Å². The fraction of sp³-hybridized carbons (Fsp3) is 0.250. The van der Waals surface area contributed by atoms with Crippen molar-refractivity contribution >= 4 is 17.7 Å². The van der Waals surface area contributed by atoms with E-state index in [4.69, 9.17) is 4.74 Å². The van der Waals surface area contributed by atoms with E-state index in [0.29, 0.717) is 11.8 Å². The molecule has 2 aromatic carbocycles. The number of amides is 1. The highest BCUT2D eigenvalue weighted by Gasteiger charge is 2.25. The van der Waals surface area contributed by atoms with Gasteiger partial charge in [0.15, 0.2) is 0 Å². The number of ether oxygens (including phenoxy) is 1. The third-order valence-corrected chi connectivity index (χ3v) is 5.38. The van der Waals surface area contributed by atoms with Gasteiger partial charge in [-0.15, -0.1) is 5.10 Å². The fourth-order valence-electron chi connectivity index (χ4n) is 3.00. The number of nitrogens with one attached hydrogen (secondary N) is 1. The van der Waals surface area contributed by atoms with Crippen molar-refractivity contribution in [2.75, 3.05) is 6.61 Å². The first kappa shape index (κ1) is 17.6. The quantitative estimate of drug-likeness (QED) is 0.687. The molecule has 0 bridgehead atoms. The molecule has 0 saturated heterocycles. The summed E-state index contributed by atoms with van der Waals surface area (Å²) in [5.74, 6) is 0.815. The number of para-hydroxylation sites is 2. The number of carbonyl (C=O) groups excluding carboxylic acids is 1. The van der Waals surface area contributed by atoms with Crippen molar-refractivity contribution in [2.24, 2.45) is 0 Å². The number of rotatable bonds is 5. The van der Waals surface area contributed by atoms with E-state index >= 15 is 0 Å². The Morgan fingerprint density at radius 1 is 1.22 bits per heavy atom. The third kappa shape index (κ3) is 3.98. The summed E-state index contributed by atoms with van der Waals surface area (Å²) in [5, 5.41) is 7.86. The molecule has 0 saturated carbocycles. The molecular formula is C20H20N4O2S. The highest BCUT2D eigenvalue weighted by Crippen LogP contribution is 2.32. The van der Waals surface area contributed by atoms with Crippen LogP contribution in [0.2, 0.25) is 0 Å². The second-order valence-electron chi connectivity index (χ2n) is 6.30. The number of nitrogens with zero attached hydrogens (tertiary/aromatic N) is 3. The van der Waals surface area contributed by atoms with Crippen LogP contribution in [0.4, 0.5) is 0 Å². The number of benzene rings is 2. The molecule has 1 aromatic heterocycles. The van der Waals surface area contributed by atoms with Crippen molar-refractivity contribution in [3.8, 4) is 11.4 Å². The fourth-order valence-corrected chi connectivity index (χ4v) is 3.73. The van der Waals surface area contributed by atoms with Crippen molar-refractivity contribution in [1.82, 2.24) is 20.1 Å². The smallest absolute Gasteiger partial charge is 0.233 e. The molecule has 1 N–H and O–H groups in total. The van der Waals surface area contributed by atoms with Crippen LogP contribution in [0.3, 0.4) is 0 Å². The second-order valence-corrected chi connectivity index (χ2v) is 7.61. The SMILES string of the molecule is C[C@H](Sc1ncn(-c2ccccc2)n1)C(=O)N[C@H]1CCOc2ccccc21. The van der Waals surface area contributed by atoms with Gasteiger partial charge < -0.3 is 10.1 Å². The molecule has 0 fully saturated rings. The van der Waals surface area contributed by atoms with E-state index in [2.05, 4.69) is 15.4 Å². The van der Waals surface area contributed by atoms with Gasteiger partial charge in [0.1, 0.15) is 12.1 Å². The first-order chi connectivity index (χ1) is 13.2. The van der Waals surface area contributed by atoms with Crippen molar-refractivity contribution in [3.63, 3.8) is 0 Å². The monoisotopic (exact) mass is 380 g/mol. The highest BCUT2D eigenvalue weighted by molar-refractivity contribution is 8.00. The molecule has 1 aliphatic rings. The predicted octanol–water partition coefficient (Wildman–Crippen LogP) is 3.39. The van der Waals surface area contributed by atoms with E-state index < -0.39 is 0 Å². The molecule has 1 amide bonds. The largest absolute Gasteiger partial charge is 0.493 e. The molecule has 7 heteroatoms. The van der Waals surface area contributed by atoms with Crippen LogP contribution in [0.5, 0.6) is 5.75 Å². The van der Waals surface area contributed by atoms with Crippen LogP contribution in [0.25, 0.3) is 5.69 Å². The minimum absolute atomic E-state index is 0.0275. The number of carbonyl (C=O) groups is 1. The summed E-state index contributed by atoms with van der Waals surface area (Å²) in [6.07, 6.45) is 2.43. The Hall–Kier alpha value is -2.80. The Balaban J connectivity index is 1.40. The Bertz CT molecular complexity index is 928. The van der Waals surface area contributed by atoms with E-state index in [1.165, 1.54) is 11.8 Å². The summed E-state index contributed by atoms with van der Waals surface area (Å²) in [5.41, 5.74) is 1.97. The van der Waals surface area contributed by atoms with Gasteiger partial charge in [0, 0.05) is 12.0 Å². The molecule has 0 spiro atoms. The first-order valence-electron chi connectivity index (χ1n) is 8.86. The van der Waals surface area contributed by atoms with Crippen LogP contribution in [0, 0.1) is 0 Å². The molecule has 0 aliphatic carbocycles. The topological polar surface area (TPSA) is 69.0 Å². The maximum Gasteiger partial charge on any atom is 0.233 e. The lowest BCUT2D eigenvalue weighted by Crippen LogP contribution is -2.36. The van der Waals surface area contributed by atoms with Crippen molar-refractivity contribution in [3.05, 3.63) is 66.5 Å². The Labute approximate surface area is 162 Å². The zero-order valence-electron chi connectivity index (χ0n) is 14.9. The molecule has 0 radical (unpaired) electrons. The number of aromatic nitrogens is 3. The summed E-state index contributed by atoms with van der Waals surface area (Å²) < 4.78 is 7.37. The summed E-state index contributed by atoms with van der Waals surface area (Å²) >= 11 is 1.35. The lowest BCUT2D eigenvalue weighted by Gasteiger charge is -2.27. The number of fused-ring (bicyclic) bond motifs is 1. The molecule has 2 heterocycles. The number of hydrogen-bond acceptors (Lipinski definition) is 5. The van der Waals surface area contributed by atoms with Crippen LogP contribution in [-0.2, 0) is 4.79 Å². The third-order valence-electron chi connectivity index (χ3n) is 4.42. The van der Waals surface area contributed by atoms with Crippen LogP contribution < -0.4 is 10.1 Å². The van der Waals surface area contributed by atoms with E-state index in [-0.39, 0.29) is 17.2 Å². The van der Waals surface area contributed by atoms with Gasteiger partial charge >= 0.3 is 0 Å². The van der Waals surface area contributed by atoms with E-state index in [0.717, 1.165) is 23.4 Å². The van der Waals surface area contributed by atoms with Gasteiger partial charge in [-0.05, 0) is 25.1 Å². The van der Waals surface area contributed by atoms with Crippen molar-refractivity contribution in [1.29, 1.82) is 0 Å². The Kier molecular flexibility index (Phi) is 5.11. The number of thioether (sulfide) groups is 1. The van der Waals surface area contributed by atoms with Gasteiger partial charge in [-0.25, -0.2) is 9.67 Å². The summed E-state index contributed by atoms with van der Waals surface area (Å²) in [4.78, 5) is 17.0. The van der Waals surface area contributed by atoms with Gasteiger partial charge in [0.2, 0.25) is 11.1 Å². The normalized spacial score (nSPS) is 16.9. The second kappa shape index (κ2) is 7.84. The summed E-state index contributed by atoms with van der Waals surface area (Å²) in [7, 11) is 0. The van der Waals surface area contributed by atoms with E-state index in [1.807, 2.05) is 61.5 Å². The maximum absolute atomic E-state index is 12.7. The lowest BCUT2D eigenvalue weighted by molar-refractivity contribution is -0.121. The van der Waals surface area contributed by atoms with Crippen molar-refractivity contribution in [2.45, 2.75) is 29.8 Å². The van der Waals surface area contributed by atoms with E-state index in [9.17, 15) is 4.79 Å². The zero-order valence-corrected chi connectivity index (χ0v) is 15.7. The average Bonchev–Trinajstić information content (AvgIpc) is 3.17. The maximum atomic E-state index is 12.7. The molecule has 0 unspecified atom stereocenters. The van der Waals surface area contributed by atoms with Gasteiger partial charge in [-0.3, -0.25) is 4.79 Å². The van der Waals surface area contributed by atoms with Crippen LogP contribution >= 0.6 is 11.8 Å². The first-order valence-corrected chi connectivity index (χ1v) is 9.74. The Morgan fingerprint density at radius 3 is 2.85 bits per heavy atom. The molecule has 1 aliphatic heterocycles. The van der Waals surface area contributed by atoms with Gasteiger partial charge in [0.05, 0.1) is 23.6 Å². The van der Waals surface area contributed by atoms with Crippen LogP contribution in [0.15, 0.2) is 66.1 Å². The minimum Gasteiger partial charge on any atom is -0.493 e. The molecule has 3 aromatic rings. The van der Waals surface area contributed by atoms with E-state index in [1.54, 1.807) is 11.0 Å². The van der Waals surface area contributed by atoms with Crippen molar-refractivity contribution < 1.29 is 9.53 Å². The van der Waals surface area contributed by atoms with Gasteiger partial charge in [-0.1, -0.05) is 48.2 Å². The average molecular weight is 380 g/mol. The Morgan fingerprint density at radius 2 is 2.00 bits per heavy atom. The molecule has 138 valence electrons. The molecular weight excluding hydrogens is 360 g/mol. The molecule has 27 heavy (non-hydrogen) atoms. The minimum atomic E-state index is -0.299. The predicted molar refractivity (Wildman–Crippen MR) is 104 cm³/mol. The zero-order chi connectivity index (χ0) is 18.6. The standard InChI is InChI=1S/C20H20N4O2S/c1-14(27-20-21-13-24(23-20)15-7-3-2-4-8-15)19(25)22-17-11-12-26-18-10-6-5-9-16(17)18/h2-10,13-14,17H,11-12H2,1H3,(H,22,25)/t14-,17-/m0/s1. The molecule has 6 nitrogen and oxygen atoms in total. The molecule has 2 atom stereocenters. The number of hydrogen-bond donors (Lipinski definition) is 1.